The molecule has 3 aromatic rings. The normalized spacial score (nSPS) is 13.2. The number of nitrogens with zero attached hydrogens (tertiary/aromatic N) is 5. The van der Waals surface area contributed by atoms with Crippen molar-refractivity contribution in [3.05, 3.63) is 59.3 Å². The fraction of sp³-hybridized carbons (Fsp3) is 0.263. The summed E-state index contributed by atoms with van der Waals surface area (Å²) in [6.45, 7) is 3.18. The Morgan fingerprint density at radius 1 is 1.21 bits per heavy atom. The first-order chi connectivity index (χ1) is 13.5. The largest absolute Gasteiger partial charge is 0.350 e. The highest BCUT2D eigenvalue weighted by Gasteiger charge is 2.23. The Balaban J connectivity index is 1.43. The van der Waals surface area contributed by atoms with Crippen molar-refractivity contribution >= 4 is 23.4 Å². The topological polar surface area (TPSA) is 88.0 Å². The molecule has 28 heavy (non-hydrogen) atoms. The van der Waals surface area contributed by atoms with E-state index in [0.717, 1.165) is 11.1 Å². The first-order valence-electron chi connectivity index (χ1n) is 8.87. The summed E-state index contributed by atoms with van der Waals surface area (Å²) in [5, 5.41) is 10.4. The van der Waals surface area contributed by atoms with Gasteiger partial charge in [0.1, 0.15) is 11.5 Å². The molecular formula is C19H20FN7O. The molecule has 0 atom stereocenters. The maximum absolute atomic E-state index is 13.0. The summed E-state index contributed by atoms with van der Waals surface area (Å²) in [5.41, 5.74) is 3.31. The molecule has 0 aliphatic carbocycles. The Hall–Kier alpha value is -3.49. The number of rotatable bonds is 5. The molecule has 8 nitrogen and oxygen atoms in total. The molecule has 0 fully saturated rings. The second-order valence-corrected chi connectivity index (χ2v) is 6.76. The number of amides is 1. The van der Waals surface area contributed by atoms with Gasteiger partial charge < -0.3 is 15.5 Å². The van der Waals surface area contributed by atoms with Gasteiger partial charge in [-0.1, -0.05) is 12.1 Å². The van der Waals surface area contributed by atoms with Crippen LogP contribution in [0.3, 0.4) is 0 Å². The fourth-order valence-electron chi connectivity index (χ4n) is 3.07. The van der Waals surface area contributed by atoms with Crippen LogP contribution in [0.2, 0.25) is 0 Å². The zero-order valence-electron chi connectivity index (χ0n) is 15.6. The van der Waals surface area contributed by atoms with Crippen LogP contribution in [0.5, 0.6) is 0 Å². The fourth-order valence-corrected chi connectivity index (χ4v) is 3.07. The highest BCUT2D eigenvalue weighted by Crippen LogP contribution is 2.29. The Morgan fingerprint density at radius 2 is 2.00 bits per heavy atom. The quantitative estimate of drug-likeness (QED) is 0.704. The second kappa shape index (κ2) is 7.26. The third-order valence-electron chi connectivity index (χ3n) is 4.47. The van der Waals surface area contributed by atoms with Gasteiger partial charge in [-0.25, -0.2) is 9.37 Å². The minimum Gasteiger partial charge on any atom is -0.350 e. The van der Waals surface area contributed by atoms with E-state index in [9.17, 15) is 9.18 Å². The minimum atomic E-state index is -0.250. The van der Waals surface area contributed by atoms with Gasteiger partial charge in [0.25, 0.3) is 0 Å². The van der Waals surface area contributed by atoms with Gasteiger partial charge in [-0.2, -0.15) is 10.1 Å². The average molecular weight is 381 g/mol. The zero-order chi connectivity index (χ0) is 19.7. The van der Waals surface area contributed by atoms with Crippen molar-refractivity contribution in [2.45, 2.75) is 20.0 Å². The minimum absolute atomic E-state index is 0.0732. The van der Waals surface area contributed by atoms with Gasteiger partial charge in [0, 0.05) is 25.4 Å². The lowest BCUT2D eigenvalue weighted by molar-refractivity contribution is -0.115. The molecule has 3 heterocycles. The van der Waals surface area contributed by atoms with Crippen LogP contribution in [0.1, 0.15) is 16.8 Å². The Labute approximate surface area is 161 Å². The van der Waals surface area contributed by atoms with Crippen LogP contribution in [0.15, 0.2) is 36.7 Å². The number of benzene rings is 1. The first-order valence-corrected chi connectivity index (χ1v) is 8.87. The molecule has 1 amide bonds. The molecule has 1 aliphatic rings. The van der Waals surface area contributed by atoms with Crippen LogP contribution in [0.4, 0.5) is 21.8 Å². The maximum atomic E-state index is 13.0. The summed E-state index contributed by atoms with van der Waals surface area (Å²) in [7, 11) is 1.83. The van der Waals surface area contributed by atoms with Crippen molar-refractivity contribution < 1.29 is 9.18 Å². The number of carbonyl (C=O) groups is 1. The number of fused-ring (bicyclic) bond motifs is 1. The number of hydrogen-bond acceptors (Lipinski definition) is 6. The number of hydrogen-bond donors (Lipinski definition) is 2. The van der Waals surface area contributed by atoms with Crippen molar-refractivity contribution in [1.82, 2.24) is 19.7 Å². The average Bonchev–Trinajstić information content (AvgIpc) is 3.10. The molecular weight excluding hydrogens is 361 g/mol. The summed E-state index contributed by atoms with van der Waals surface area (Å²) >= 11 is 0. The monoisotopic (exact) mass is 381 g/mol. The summed E-state index contributed by atoms with van der Waals surface area (Å²) in [6, 6.07) is 6.37. The van der Waals surface area contributed by atoms with Crippen LogP contribution in [-0.2, 0) is 17.9 Å². The van der Waals surface area contributed by atoms with Gasteiger partial charge in [0.2, 0.25) is 11.9 Å². The van der Waals surface area contributed by atoms with Crippen molar-refractivity contribution in [3.63, 3.8) is 0 Å². The van der Waals surface area contributed by atoms with Crippen LogP contribution in [-0.4, -0.2) is 39.2 Å². The Bertz CT molecular complexity index is 1020. The predicted octanol–water partition coefficient (Wildman–Crippen LogP) is 2.17. The van der Waals surface area contributed by atoms with Crippen LogP contribution >= 0.6 is 0 Å². The lowest BCUT2D eigenvalue weighted by Gasteiger charge is -2.27. The van der Waals surface area contributed by atoms with Gasteiger partial charge >= 0.3 is 0 Å². The molecule has 9 heteroatoms. The predicted molar refractivity (Wildman–Crippen MR) is 104 cm³/mol. The molecule has 0 saturated carbocycles. The van der Waals surface area contributed by atoms with Crippen molar-refractivity contribution in [2.24, 2.45) is 0 Å². The van der Waals surface area contributed by atoms with E-state index in [2.05, 4.69) is 25.7 Å². The highest BCUT2D eigenvalue weighted by atomic mass is 19.1. The van der Waals surface area contributed by atoms with Gasteiger partial charge in [-0.05, 0) is 24.6 Å². The lowest BCUT2D eigenvalue weighted by atomic mass is 10.2. The molecule has 0 saturated heterocycles. The number of aryl methyl sites for hydroxylation is 1. The zero-order valence-corrected chi connectivity index (χ0v) is 15.6. The number of anilines is 3. The second-order valence-electron chi connectivity index (χ2n) is 6.76. The molecule has 0 radical (unpaired) electrons. The molecule has 0 spiro atoms. The van der Waals surface area contributed by atoms with E-state index in [0.29, 0.717) is 36.2 Å². The van der Waals surface area contributed by atoms with E-state index >= 15 is 0 Å². The van der Waals surface area contributed by atoms with Crippen LogP contribution in [0.25, 0.3) is 0 Å². The molecule has 0 unspecified atom stereocenters. The molecule has 2 aromatic heterocycles. The third-order valence-corrected chi connectivity index (χ3v) is 4.47. The highest BCUT2D eigenvalue weighted by molar-refractivity contribution is 6.00. The molecule has 1 aromatic carbocycles. The number of halogens is 1. The first kappa shape index (κ1) is 17.9. The van der Waals surface area contributed by atoms with E-state index < -0.39 is 0 Å². The molecule has 4 rings (SSSR count). The van der Waals surface area contributed by atoms with E-state index in [1.54, 1.807) is 27.9 Å². The number of carbonyl (C=O) groups excluding carboxylic acids is 1. The SMILES string of the molecule is Cc1nc(NCc2cnn(Cc3ccc(F)cc3)c2)nc2c1NC(=O)CN2C. The van der Waals surface area contributed by atoms with Crippen LogP contribution < -0.4 is 15.5 Å². The van der Waals surface area contributed by atoms with Gasteiger partial charge in [-0.3, -0.25) is 9.48 Å². The summed E-state index contributed by atoms with van der Waals surface area (Å²) < 4.78 is 14.8. The van der Waals surface area contributed by atoms with Gasteiger partial charge in [-0.15, -0.1) is 0 Å². The van der Waals surface area contributed by atoms with Crippen molar-refractivity contribution in [3.8, 4) is 0 Å². The van der Waals surface area contributed by atoms with E-state index in [-0.39, 0.29) is 18.3 Å². The molecule has 1 aliphatic heterocycles. The van der Waals surface area contributed by atoms with Gasteiger partial charge in [0.15, 0.2) is 5.82 Å². The van der Waals surface area contributed by atoms with E-state index in [1.807, 2.05) is 20.2 Å². The lowest BCUT2D eigenvalue weighted by Crippen LogP contribution is -2.36. The Morgan fingerprint density at radius 3 is 2.79 bits per heavy atom. The van der Waals surface area contributed by atoms with Gasteiger partial charge in [0.05, 0.1) is 25.0 Å². The number of likely N-dealkylation sites (N-methyl/N-ethyl adjacent to an activating group) is 1. The maximum Gasteiger partial charge on any atom is 0.244 e. The van der Waals surface area contributed by atoms with Crippen molar-refractivity contribution in [2.75, 3.05) is 29.1 Å². The summed E-state index contributed by atoms with van der Waals surface area (Å²) in [5.74, 6) is 0.864. The standard InChI is InChI=1S/C19H20FN7O/c1-12-17-18(26(2)11-16(28)24-17)25-19(23-12)21-7-14-8-22-27(10-14)9-13-3-5-15(20)6-4-13/h3-6,8,10H,7,9,11H2,1-2H3,(H,24,28)(H,21,23,25). The smallest absolute Gasteiger partial charge is 0.244 e. The Kier molecular flexibility index (Phi) is 4.64. The van der Waals surface area contributed by atoms with Crippen molar-refractivity contribution in [1.29, 1.82) is 0 Å². The third kappa shape index (κ3) is 3.78. The number of aromatic nitrogens is 4. The molecule has 0 bridgehead atoms. The molecule has 144 valence electrons. The van der Waals surface area contributed by atoms with E-state index in [1.165, 1.54) is 12.1 Å². The summed E-state index contributed by atoms with van der Waals surface area (Å²) in [6.07, 6.45) is 3.70. The molecule has 2 N–H and O–H groups in total. The van der Waals surface area contributed by atoms with Crippen LogP contribution in [0, 0.1) is 12.7 Å². The summed E-state index contributed by atoms with van der Waals surface area (Å²) in [4.78, 5) is 22.4. The van der Waals surface area contributed by atoms with E-state index in [4.69, 9.17) is 0 Å². The number of nitrogens with one attached hydrogen (secondary N) is 2.